The number of hydrogen-bond acceptors (Lipinski definition) is 4. The Morgan fingerprint density at radius 1 is 1.03 bits per heavy atom. The number of anilines is 1. The van der Waals surface area contributed by atoms with E-state index in [2.05, 4.69) is 24.1 Å². The molecule has 0 unspecified atom stereocenters. The van der Waals surface area contributed by atoms with Gasteiger partial charge in [0.1, 0.15) is 5.52 Å². The second-order valence-corrected chi connectivity index (χ2v) is 9.47. The number of benzene rings is 3. The summed E-state index contributed by atoms with van der Waals surface area (Å²) in [7, 11) is 0. The molecule has 0 spiro atoms. The molecule has 5 nitrogen and oxygen atoms in total. The highest BCUT2D eigenvalue weighted by molar-refractivity contribution is 6.42. The lowest BCUT2D eigenvalue weighted by molar-refractivity contribution is -0.118. The lowest BCUT2D eigenvalue weighted by Crippen LogP contribution is -2.20. The maximum atomic E-state index is 12.5. The Balaban J connectivity index is 1.49. The van der Waals surface area contributed by atoms with Crippen LogP contribution in [0.15, 0.2) is 46.9 Å². The highest BCUT2D eigenvalue weighted by Crippen LogP contribution is 2.42. The van der Waals surface area contributed by atoms with Crippen molar-refractivity contribution >= 4 is 57.5 Å². The van der Waals surface area contributed by atoms with Gasteiger partial charge in [0.05, 0.1) is 10.0 Å². The molecule has 1 amide bonds. The summed E-state index contributed by atoms with van der Waals surface area (Å²) < 4.78 is 11.6. The first-order chi connectivity index (χ1) is 16.2. The van der Waals surface area contributed by atoms with Gasteiger partial charge >= 0.3 is 0 Å². The summed E-state index contributed by atoms with van der Waals surface area (Å²) in [6, 6.07) is 13.3. The molecule has 34 heavy (non-hydrogen) atoms. The first-order valence-electron chi connectivity index (χ1n) is 10.7. The van der Waals surface area contributed by atoms with Crippen LogP contribution in [0.25, 0.3) is 22.6 Å². The fraction of sp³-hybridized carbons (Fsp3) is 0.231. The highest BCUT2D eigenvalue weighted by atomic mass is 35.5. The quantitative estimate of drug-likeness (QED) is 0.280. The molecule has 1 aromatic heterocycles. The van der Waals surface area contributed by atoms with Crippen molar-refractivity contribution in [1.29, 1.82) is 0 Å². The minimum atomic E-state index is -0.367. The van der Waals surface area contributed by atoms with Gasteiger partial charge in [-0.25, -0.2) is 4.98 Å². The zero-order valence-corrected chi connectivity index (χ0v) is 21.4. The Hall–Kier alpha value is -2.73. The second kappa shape index (κ2) is 9.87. The van der Waals surface area contributed by atoms with Gasteiger partial charge in [-0.05, 0) is 66.8 Å². The van der Waals surface area contributed by atoms with E-state index in [9.17, 15) is 4.79 Å². The summed E-state index contributed by atoms with van der Waals surface area (Å²) in [5, 5.41) is 3.86. The Bertz CT molecular complexity index is 1370. The van der Waals surface area contributed by atoms with Gasteiger partial charge in [0, 0.05) is 16.3 Å². The molecule has 4 rings (SSSR count). The molecule has 1 heterocycles. The van der Waals surface area contributed by atoms with Gasteiger partial charge in [0.2, 0.25) is 5.89 Å². The van der Waals surface area contributed by atoms with Crippen LogP contribution in [0.2, 0.25) is 15.1 Å². The average Bonchev–Trinajstić information content (AvgIpc) is 3.25. The molecule has 3 aromatic carbocycles. The molecule has 0 saturated heterocycles. The Morgan fingerprint density at radius 3 is 2.41 bits per heavy atom. The van der Waals surface area contributed by atoms with Gasteiger partial charge < -0.3 is 14.5 Å². The van der Waals surface area contributed by atoms with Crippen molar-refractivity contribution in [3.63, 3.8) is 0 Å². The molecule has 0 fully saturated rings. The molecule has 0 aliphatic rings. The summed E-state index contributed by atoms with van der Waals surface area (Å²) in [6.45, 7) is 7.53. The largest absolute Gasteiger partial charge is 0.481 e. The molecular weight excluding hydrogens is 495 g/mol. The van der Waals surface area contributed by atoms with Crippen LogP contribution in [0.3, 0.4) is 0 Å². The topological polar surface area (TPSA) is 64.4 Å². The van der Waals surface area contributed by atoms with E-state index in [0.29, 0.717) is 39.2 Å². The average molecular weight is 518 g/mol. The molecule has 4 aromatic rings. The van der Waals surface area contributed by atoms with Crippen LogP contribution in [-0.4, -0.2) is 17.5 Å². The third-order valence-electron chi connectivity index (χ3n) is 5.53. The minimum absolute atomic E-state index is 0.235. The Morgan fingerprint density at radius 2 is 1.74 bits per heavy atom. The van der Waals surface area contributed by atoms with Crippen molar-refractivity contribution in [3.8, 4) is 17.2 Å². The first-order valence-corrected chi connectivity index (χ1v) is 11.9. The smallest absolute Gasteiger partial charge is 0.262 e. The van der Waals surface area contributed by atoms with E-state index < -0.39 is 0 Å². The summed E-state index contributed by atoms with van der Waals surface area (Å²) in [5.41, 5.74) is 5.32. The number of nitrogens with one attached hydrogen (secondary N) is 1. The fourth-order valence-corrected chi connectivity index (χ4v) is 4.35. The van der Waals surface area contributed by atoms with Crippen LogP contribution in [-0.2, 0) is 4.79 Å². The van der Waals surface area contributed by atoms with Gasteiger partial charge in [0.25, 0.3) is 5.91 Å². The predicted octanol–water partition coefficient (Wildman–Crippen LogP) is 8.21. The van der Waals surface area contributed by atoms with Gasteiger partial charge in [0.15, 0.2) is 17.9 Å². The number of nitrogens with zero attached hydrogens (tertiary/aromatic N) is 1. The predicted molar refractivity (Wildman–Crippen MR) is 139 cm³/mol. The number of amides is 1. The molecule has 0 aliphatic heterocycles. The number of rotatable bonds is 6. The van der Waals surface area contributed by atoms with E-state index in [1.165, 1.54) is 5.56 Å². The SMILES string of the molecule is Cc1c(Cl)c(C)c(Cl)c(OCC(=O)Nc2cccc(-c3nc4cc(C(C)C)ccc4o3)c2)c1Cl. The van der Waals surface area contributed by atoms with Crippen LogP contribution in [0.4, 0.5) is 5.69 Å². The number of aromatic nitrogens is 1. The molecule has 176 valence electrons. The van der Waals surface area contributed by atoms with Crippen molar-refractivity contribution in [2.24, 2.45) is 0 Å². The number of carbonyl (C=O) groups is 1. The van der Waals surface area contributed by atoms with Crippen LogP contribution >= 0.6 is 34.8 Å². The number of carbonyl (C=O) groups excluding carboxylic acids is 1. The zero-order valence-electron chi connectivity index (χ0n) is 19.1. The van der Waals surface area contributed by atoms with Gasteiger partial charge in [-0.1, -0.05) is 60.8 Å². The van der Waals surface area contributed by atoms with Crippen LogP contribution in [0.5, 0.6) is 5.75 Å². The van der Waals surface area contributed by atoms with Crippen LogP contribution in [0.1, 0.15) is 36.5 Å². The molecule has 0 atom stereocenters. The molecule has 0 radical (unpaired) electrons. The first kappa shape index (κ1) is 24.4. The molecule has 0 aliphatic carbocycles. The van der Waals surface area contributed by atoms with E-state index in [1.807, 2.05) is 30.3 Å². The Kier molecular flexibility index (Phi) is 7.08. The lowest BCUT2D eigenvalue weighted by atomic mass is 10.0. The second-order valence-electron chi connectivity index (χ2n) is 8.34. The number of fused-ring (bicyclic) bond motifs is 1. The summed E-state index contributed by atoms with van der Waals surface area (Å²) in [4.78, 5) is 17.2. The minimum Gasteiger partial charge on any atom is -0.481 e. The van der Waals surface area contributed by atoms with Crippen LogP contribution in [0, 0.1) is 13.8 Å². The molecule has 1 N–H and O–H groups in total. The van der Waals surface area contributed by atoms with Crippen molar-refractivity contribution in [2.45, 2.75) is 33.6 Å². The van der Waals surface area contributed by atoms with Crippen LogP contribution < -0.4 is 10.1 Å². The maximum absolute atomic E-state index is 12.5. The number of ether oxygens (including phenoxy) is 1. The van der Waals surface area contributed by atoms with E-state index in [1.54, 1.807) is 26.0 Å². The monoisotopic (exact) mass is 516 g/mol. The maximum Gasteiger partial charge on any atom is 0.262 e. The van der Waals surface area contributed by atoms with Crippen molar-refractivity contribution in [1.82, 2.24) is 4.98 Å². The number of hydrogen-bond donors (Lipinski definition) is 1. The van der Waals surface area contributed by atoms with E-state index >= 15 is 0 Å². The van der Waals surface area contributed by atoms with E-state index in [4.69, 9.17) is 44.0 Å². The lowest BCUT2D eigenvalue weighted by Gasteiger charge is -2.15. The molecule has 0 bridgehead atoms. The van der Waals surface area contributed by atoms with Crippen molar-refractivity contribution in [2.75, 3.05) is 11.9 Å². The molecular formula is C26H23Cl3N2O3. The highest BCUT2D eigenvalue weighted by Gasteiger charge is 2.19. The summed E-state index contributed by atoms with van der Waals surface area (Å²) in [6.07, 6.45) is 0. The third kappa shape index (κ3) is 4.88. The fourth-order valence-electron chi connectivity index (χ4n) is 3.53. The molecule has 0 saturated carbocycles. The normalized spacial score (nSPS) is 11.3. The van der Waals surface area contributed by atoms with Gasteiger partial charge in [-0.15, -0.1) is 0 Å². The number of oxazole rings is 1. The van der Waals surface area contributed by atoms with Gasteiger partial charge in [-0.2, -0.15) is 0 Å². The number of halogens is 3. The standard InChI is InChI=1S/C26H23Cl3N2O3/c1-13(2)16-8-9-20-19(11-16)31-26(34-20)17-6-5-7-18(10-17)30-21(32)12-33-25-23(28)14(3)22(27)15(4)24(25)29/h5-11,13H,12H2,1-4H3,(H,30,32). The summed E-state index contributed by atoms with van der Waals surface area (Å²) in [5.74, 6) is 0.747. The van der Waals surface area contributed by atoms with E-state index in [-0.39, 0.29) is 28.3 Å². The van der Waals surface area contributed by atoms with E-state index in [0.717, 1.165) is 11.1 Å². The third-order valence-corrected chi connectivity index (χ3v) is 7.01. The Labute approximate surface area is 213 Å². The molecule has 8 heteroatoms. The van der Waals surface area contributed by atoms with Gasteiger partial charge in [-0.3, -0.25) is 4.79 Å². The zero-order chi connectivity index (χ0) is 24.6. The summed E-state index contributed by atoms with van der Waals surface area (Å²) >= 11 is 18.9. The van der Waals surface area contributed by atoms with Crippen molar-refractivity contribution in [3.05, 3.63) is 74.2 Å². The van der Waals surface area contributed by atoms with Crippen molar-refractivity contribution < 1.29 is 13.9 Å².